The van der Waals surface area contributed by atoms with Crippen LogP contribution in [0.2, 0.25) is 0 Å². The third-order valence-corrected chi connectivity index (χ3v) is 1.99. The van der Waals surface area contributed by atoms with Gasteiger partial charge >= 0.3 is 25.4 Å². The summed E-state index contributed by atoms with van der Waals surface area (Å²) in [7, 11) is 0. The van der Waals surface area contributed by atoms with Crippen molar-refractivity contribution in [2.24, 2.45) is 0 Å². The van der Waals surface area contributed by atoms with Crippen molar-refractivity contribution >= 4 is 17.9 Å². The molecule has 0 aliphatic carbocycles. The average molecular weight is 380 g/mol. The summed E-state index contributed by atoms with van der Waals surface area (Å²) in [6, 6.07) is 0. The van der Waals surface area contributed by atoms with Gasteiger partial charge in [-0.1, -0.05) is 32.9 Å². The van der Waals surface area contributed by atoms with Crippen LogP contribution in [0.3, 0.4) is 0 Å². The van der Waals surface area contributed by atoms with Crippen LogP contribution in [0.4, 0.5) is 0 Å². The van der Waals surface area contributed by atoms with Crippen molar-refractivity contribution in [3.63, 3.8) is 0 Å². The van der Waals surface area contributed by atoms with Crippen molar-refractivity contribution in [2.45, 2.75) is 53.4 Å². The van der Waals surface area contributed by atoms with Gasteiger partial charge in [0.1, 0.15) is 0 Å². The van der Waals surface area contributed by atoms with Crippen LogP contribution in [-0.4, -0.2) is 24.5 Å². The van der Waals surface area contributed by atoms with Crippen LogP contribution in [0.25, 0.3) is 0 Å². The van der Waals surface area contributed by atoms with Crippen molar-refractivity contribution in [3.8, 4) is 0 Å². The van der Waals surface area contributed by atoms with Crippen molar-refractivity contribution in [1.82, 2.24) is 0 Å². The van der Waals surface area contributed by atoms with Gasteiger partial charge in [-0.2, -0.15) is 0 Å². The third-order valence-electron chi connectivity index (χ3n) is 1.99. The van der Waals surface area contributed by atoms with Crippen LogP contribution in [0.1, 0.15) is 53.4 Å². The monoisotopic (exact) mass is 378 g/mol. The van der Waals surface area contributed by atoms with E-state index in [1.807, 2.05) is 6.92 Å². The Morgan fingerprint density at radius 3 is 1.48 bits per heavy atom. The molecule has 0 aliphatic heterocycles. The van der Waals surface area contributed by atoms with E-state index < -0.39 is 11.9 Å². The number of carbonyl (C=O) groups excluding carboxylic acids is 3. The van der Waals surface area contributed by atoms with Crippen LogP contribution < -0.4 is 10.2 Å². The number of carboxylic acid groups (broad SMARTS) is 2. The Morgan fingerprint density at radius 1 is 0.913 bits per heavy atom. The molecule has 0 heterocycles. The number of carbonyl (C=O) groups is 3. The predicted octanol–water partition coefficient (Wildman–Crippen LogP) is 0.752. The van der Waals surface area contributed by atoms with Crippen LogP contribution in [0.15, 0.2) is 24.3 Å². The van der Waals surface area contributed by atoms with Gasteiger partial charge in [0.25, 0.3) is 0 Å². The molecule has 0 bridgehead atoms. The Hall–Kier alpha value is -1.49. The van der Waals surface area contributed by atoms with Gasteiger partial charge in [-0.3, -0.25) is 4.79 Å². The largest absolute Gasteiger partial charge is 2.00 e. The molecule has 0 saturated carbocycles. The predicted molar refractivity (Wildman–Crippen MR) is 80.4 cm³/mol. The summed E-state index contributed by atoms with van der Waals surface area (Å²) < 4.78 is 4.75. The Morgan fingerprint density at radius 2 is 1.26 bits per heavy atom. The summed E-state index contributed by atoms with van der Waals surface area (Å²) in [5, 5.41) is 19.0. The zero-order valence-corrected chi connectivity index (χ0v) is 17.6. The van der Waals surface area contributed by atoms with Crippen molar-refractivity contribution in [3.05, 3.63) is 24.3 Å². The van der Waals surface area contributed by atoms with Crippen LogP contribution in [-0.2, 0) is 38.6 Å². The van der Waals surface area contributed by atoms with Gasteiger partial charge in [-0.25, -0.2) is 0 Å². The molecule has 7 heteroatoms. The number of aliphatic carboxylic acids is 2. The summed E-state index contributed by atoms with van der Waals surface area (Å²) in [6.45, 7) is 13.4. The van der Waals surface area contributed by atoms with E-state index in [2.05, 4.69) is 20.1 Å². The molecule has 0 amide bonds. The molecular weight excluding hydrogens is 354 g/mol. The number of rotatable bonds is 7. The van der Waals surface area contributed by atoms with Crippen LogP contribution >= 0.6 is 0 Å². The summed E-state index contributed by atoms with van der Waals surface area (Å²) in [4.78, 5) is 29.7. The van der Waals surface area contributed by atoms with Crippen molar-refractivity contribution in [1.29, 1.82) is 0 Å². The van der Waals surface area contributed by atoms with Crippen molar-refractivity contribution in [2.75, 3.05) is 6.61 Å². The topological polar surface area (TPSA) is 107 Å². The van der Waals surface area contributed by atoms with E-state index in [9.17, 15) is 24.6 Å². The summed E-state index contributed by atoms with van der Waals surface area (Å²) in [5.74, 6) is -2.43. The van der Waals surface area contributed by atoms with Gasteiger partial charge in [-0.15, -0.1) is 0 Å². The molecular formula is C16H26O6Zn. The fourth-order valence-corrected chi connectivity index (χ4v) is 0.752. The first-order valence-electron chi connectivity index (χ1n) is 6.99. The maximum atomic E-state index is 10.7. The normalized spacial score (nSPS) is 8.00. The maximum Gasteiger partial charge on any atom is 2.00 e. The number of hydrogen-bond donors (Lipinski definition) is 0. The van der Waals surface area contributed by atoms with E-state index in [0.29, 0.717) is 13.0 Å². The Kier molecular flexibility index (Phi) is 26.3. The fraction of sp³-hybridized carbons (Fsp3) is 0.562. The summed E-state index contributed by atoms with van der Waals surface area (Å²) in [5.41, 5.74) is 0.130. The molecule has 0 unspecified atom stereocenters. The quantitative estimate of drug-likeness (QED) is 0.280. The molecule has 23 heavy (non-hydrogen) atoms. The molecule has 0 aromatic carbocycles. The van der Waals surface area contributed by atoms with E-state index >= 15 is 0 Å². The maximum absolute atomic E-state index is 10.7. The van der Waals surface area contributed by atoms with Gasteiger partial charge in [-0.05, 0) is 38.3 Å². The molecule has 0 spiro atoms. The summed E-state index contributed by atoms with van der Waals surface area (Å²) in [6.07, 6.45) is 3.83. The Balaban J connectivity index is -0.000000122. The Labute approximate surface area is 151 Å². The number of carboxylic acids is 2. The first-order chi connectivity index (χ1) is 10.1. The number of unbranched alkanes of at least 4 members (excludes halogenated alkanes) is 2. The minimum atomic E-state index is -1.19. The average Bonchev–Trinajstić information content (AvgIpc) is 2.40. The second-order valence-electron chi connectivity index (χ2n) is 4.40. The minimum absolute atomic E-state index is 0. The minimum Gasteiger partial charge on any atom is -0.545 e. The van der Waals surface area contributed by atoms with E-state index in [-0.39, 0.29) is 36.6 Å². The zero-order chi connectivity index (χ0) is 18.1. The molecule has 0 aliphatic rings. The van der Waals surface area contributed by atoms with Gasteiger partial charge in [0, 0.05) is 6.42 Å². The molecule has 0 saturated heterocycles. The molecule has 0 N–H and O–H groups in total. The molecule has 0 radical (unpaired) electrons. The number of ether oxygens (including phenoxy) is 1. The van der Waals surface area contributed by atoms with Gasteiger partial charge in [0.2, 0.25) is 0 Å². The molecule has 0 aromatic rings. The molecule has 0 fully saturated rings. The first kappa shape index (κ1) is 29.5. The number of esters is 1. The third kappa shape index (κ3) is 33.4. The molecule has 128 valence electrons. The van der Waals surface area contributed by atoms with Gasteiger partial charge in [0.15, 0.2) is 0 Å². The second kappa shape index (κ2) is 20.5. The van der Waals surface area contributed by atoms with E-state index in [1.165, 1.54) is 13.8 Å². The summed E-state index contributed by atoms with van der Waals surface area (Å²) >= 11 is 0. The number of hydrogen-bond acceptors (Lipinski definition) is 6. The van der Waals surface area contributed by atoms with Gasteiger partial charge in [0.05, 0.1) is 18.5 Å². The zero-order valence-electron chi connectivity index (χ0n) is 14.6. The van der Waals surface area contributed by atoms with E-state index in [0.717, 1.165) is 19.3 Å². The fourth-order valence-electron chi connectivity index (χ4n) is 0.752. The van der Waals surface area contributed by atoms with Gasteiger partial charge < -0.3 is 24.5 Å². The SMILES string of the molecule is C=C(C)C(=O)[O-].C=C(C)C(=O)[O-].CCCCCC(=O)OCC.[Zn+2]. The standard InChI is InChI=1S/C8H16O2.2C4H6O2.Zn/c1-3-5-6-7-8(9)10-4-2;2*1-3(2)4(5)6;/h3-7H2,1-2H3;2*1H2,2H3,(H,5,6);/q;;;+2/p-2. The molecule has 0 atom stereocenters. The molecule has 0 aromatic heterocycles. The smallest absolute Gasteiger partial charge is 0.545 e. The first-order valence-corrected chi connectivity index (χ1v) is 6.99. The Bertz CT molecular complexity index is 329. The molecule has 6 nitrogen and oxygen atoms in total. The molecule has 0 rings (SSSR count). The second-order valence-corrected chi connectivity index (χ2v) is 4.40. The van der Waals surface area contributed by atoms with E-state index in [1.54, 1.807) is 0 Å². The van der Waals surface area contributed by atoms with Crippen LogP contribution in [0, 0.1) is 0 Å². The van der Waals surface area contributed by atoms with Crippen LogP contribution in [0.5, 0.6) is 0 Å². The van der Waals surface area contributed by atoms with Crippen molar-refractivity contribution < 1.29 is 48.8 Å². The van der Waals surface area contributed by atoms with E-state index in [4.69, 9.17) is 4.74 Å².